The lowest BCUT2D eigenvalue weighted by Crippen LogP contribution is -2.25. The van der Waals surface area contributed by atoms with Crippen molar-refractivity contribution in [3.05, 3.63) is 53.3 Å². The second-order valence-corrected chi connectivity index (χ2v) is 6.52. The molecule has 0 atom stereocenters. The van der Waals surface area contributed by atoms with Crippen molar-refractivity contribution < 1.29 is 9.90 Å². The van der Waals surface area contributed by atoms with Gasteiger partial charge in [0, 0.05) is 17.8 Å². The number of carbonyl (C=O) groups is 1. The normalized spacial score (nSPS) is 10.8. The molecule has 0 aliphatic heterocycles. The molecule has 0 radical (unpaired) electrons. The van der Waals surface area contributed by atoms with Crippen LogP contribution >= 0.6 is 45.8 Å². The number of halogens is 3. The maximum absolute atomic E-state index is 12.4. The van der Waals surface area contributed by atoms with E-state index in [1.807, 2.05) is 29.5 Å². The zero-order valence-corrected chi connectivity index (χ0v) is 15.5. The summed E-state index contributed by atoms with van der Waals surface area (Å²) >= 11 is 13.8. The molecule has 1 aromatic heterocycles. The molecule has 0 aliphatic rings. The molecule has 4 nitrogen and oxygen atoms in total. The number of rotatable bonds is 3. The van der Waals surface area contributed by atoms with E-state index in [2.05, 4.69) is 0 Å². The Morgan fingerprint density at radius 3 is 2.45 bits per heavy atom. The zero-order chi connectivity index (χ0) is 16.6. The van der Waals surface area contributed by atoms with Crippen molar-refractivity contribution in [3.63, 3.8) is 0 Å². The summed E-state index contributed by atoms with van der Waals surface area (Å²) in [5.41, 5.74) is 0.868. The lowest BCUT2D eigenvalue weighted by atomic mass is 10.0. The number of hydrogen-bond donors (Lipinski definition) is 1. The molecule has 0 amide bonds. The van der Waals surface area contributed by atoms with E-state index >= 15 is 0 Å². The van der Waals surface area contributed by atoms with Gasteiger partial charge in [-0.2, -0.15) is 0 Å². The lowest BCUT2D eigenvalue weighted by molar-refractivity contribution is 0.0695. The molecule has 0 fully saturated rings. The van der Waals surface area contributed by atoms with Gasteiger partial charge in [0.05, 0.1) is 19.3 Å². The van der Waals surface area contributed by atoms with Gasteiger partial charge in [0.2, 0.25) is 5.43 Å². The molecule has 0 aliphatic carbocycles. The number of nitrogens with zero attached hydrogens (tertiary/aromatic N) is 1. The molecule has 1 N–H and O–H groups in total. The molecular formula is C15H12Cl2INO3. The van der Waals surface area contributed by atoms with Crippen molar-refractivity contribution in [2.75, 3.05) is 0 Å². The highest BCUT2D eigenvalue weighted by Gasteiger charge is 2.24. The number of aromatic carboxylic acids is 1. The third kappa shape index (κ3) is 2.89. The summed E-state index contributed by atoms with van der Waals surface area (Å²) in [7, 11) is 0. The molecule has 116 valence electrons. The van der Waals surface area contributed by atoms with Gasteiger partial charge in [-0.15, -0.1) is 0 Å². The van der Waals surface area contributed by atoms with Gasteiger partial charge in [-0.05, 0) is 48.6 Å². The SMILES string of the molecule is CCn1c(C)c(I)c(=O)c(C(=O)O)c1-c1ccc(Cl)c(Cl)c1. The molecule has 7 heteroatoms. The van der Waals surface area contributed by atoms with Crippen LogP contribution in [0.4, 0.5) is 0 Å². The Bertz CT molecular complexity index is 831. The van der Waals surface area contributed by atoms with Crippen molar-refractivity contribution in [2.45, 2.75) is 20.4 Å². The van der Waals surface area contributed by atoms with Crippen LogP contribution in [-0.4, -0.2) is 15.6 Å². The summed E-state index contributed by atoms with van der Waals surface area (Å²) in [6, 6.07) is 4.82. The number of pyridine rings is 1. The van der Waals surface area contributed by atoms with E-state index in [0.29, 0.717) is 31.4 Å². The Hall–Kier alpha value is -1.05. The van der Waals surface area contributed by atoms with E-state index in [9.17, 15) is 14.7 Å². The van der Waals surface area contributed by atoms with Crippen LogP contribution in [0.1, 0.15) is 23.0 Å². The lowest BCUT2D eigenvalue weighted by Gasteiger charge is -2.19. The number of aromatic nitrogens is 1. The highest BCUT2D eigenvalue weighted by atomic mass is 127. The van der Waals surface area contributed by atoms with Gasteiger partial charge in [-0.1, -0.05) is 29.3 Å². The Morgan fingerprint density at radius 2 is 1.95 bits per heavy atom. The van der Waals surface area contributed by atoms with E-state index in [1.165, 1.54) is 0 Å². The molecule has 1 aromatic carbocycles. The molecule has 22 heavy (non-hydrogen) atoms. The van der Waals surface area contributed by atoms with Gasteiger partial charge in [0.15, 0.2) is 0 Å². The van der Waals surface area contributed by atoms with Crippen LogP contribution < -0.4 is 5.43 Å². The van der Waals surface area contributed by atoms with Crippen LogP contribution in [0.25, 0.3) is 11.3 Å². The van der Waals surface area contributed by atoms with E-state index < -0.39 is 11.4 Å². The fourth-order valence-corrected chi connectivity index (χ4v) is 3.20. The molecular weight excluding hydrogens is 440 g/mol. The fraction of sp³-hybridized carbons (Fsp3) is 0.200. The topological polar surface area (TPSA) is 59.3 Å². The first-order valence-electron chi connectivity index (χ1n) is 6.41. The Kier molecular flexibility index (Phi) is 5.19. The quantitative estimate of drug-likeness (QED) is 0.701. The Morgan fingerprint density at radius 1 is 1.32 bits per heavy atom. The van der Waals surface area contributed by atoms with Gasteiger partial charge < -0.3 is 9.67 Å². The number of benzene rings is 1. The maximum Gasteiger partial charge on any atom is 0.341 e. The van der Waals surface area contributed by atoms with E-state index in [1.54, 1.807) is 29.7 Å². The van der Waals surface area contributed by atoms with Crippen LogP contribution in [0.2, 0.25) is 10.0 Å². The average molecular weight is 452 g/mol. The maximum atomic E-state index is 12.4. The van der Waals surface area contributed by atoms with Crippen molar-refractivity contribution in [2.24, 2.45) is 0 Å². The minimum absolute atomic E-state index is 0.254. The minimum Gasteiger partial charge on any atom is -0.477 e. The molecule has 2 rings (SSSR count). The van der Waals surface area contributed by atoms with Gasteiger partial charge >= 0.3 is 5.97 Å². The van der Waals surface area contributed by atoms with Crippen LogP contribution in [0.15, 0.2) is 23.0 Å². The third-order valence-electron chi connectivity index (χ3n) is 3.38. The predicted octanol–water partition coefficient (Wildman–Crippen LogP) is 4.45. The Labute approximate surface area is 150 Å². The summed E-state index contributed by atoms with van der Waals surface area (Å²) in [6.45, 7) is 4.21. The number of carboxylic acids is 1. The van der Waals surface area contributed by atoms with Gasteiger partial charge in [-0.3, -0.25) is 4.79 Å². The molecule has 0 saturated carbocycles. The van der Waals surface area contributed by atoms with E-state index in [-0.39, 0.29) is 5.56 Å². The van der Waals surface area contributed by atoms with Gasteiger partial charge in [-0.25, -0.2) is 4.79 Å². The fourth-order valence-electron chi connectivity index (χ4n) is 2.34. The van der Waals surface area contributed by atoms with Crippen LogP contribution in [-0.2, 0) is 6.54 Å². The molecule has 0 unspecified atom stereocenters. The first kappa shape index (κ1) is 17.3. The van der Waals surface area contributed by atoms with Gasteiger partial charge in [0.1, 0.15) is 5.56 Å². The summed E-state index contributed by atoms with van der Waals surface area (Å²) in [6.07, 6.45) is 0. The first-order chi connectivity index (χ1) is 10.3. The summed E-state index contributed by atoms with van der Waals surface area (Å²) in [4.78, 5) is 24.0. The van der Waals surface area contributed by atoms with Gasteiger partial charge in [0.25, 0.3) is 0 Å². The van der Waals surface area contributed by atoms with Crippen molar-refractivity contribution in [1.29, 1.82) is 0 Å². The molecule has 0 saturated heterocycles. The third-order valence-corrected chi connectivity index (χ3v) is 5.39. The molecule has 1 heterocycles. The van der Waals surface area contributed by atoms with Crippen molar-refractivity contribution in [1.82, 2.24) is 4.57 Å². The highest BCUT2D eigenvalue weighted by Crippen LogP contribution is 2.31. The first-order valence-corrected chi connectivity index (χ1v) is 8.24. The van der Waals surface area contributed by atoms with Crippen LogP contribution in [0, 0.1) is 10.5 Å². The smallest absolute Gasteiger partial charge is 0.341 e. The number of carboxylic acid groups (broad SMARTS) is 1. The van der Waals surface area contributed by atoms with Crippen molar-refractivity contribution in [3.8, 4) is 11.3 Å². The molecule has 0 spiro atoms. The van der Waals surface area contributed by atoms with Crippen molar-refractivity contribution >= 4 is 51.8 Å². The number of hydrogen-bond acceptors (Lipinski definition) is 2. The van der Waals surface area contributed by atoms with E-state index in [0.717, 1.165) is 5.69 Å². The average Bonchev–Trinajstić information content (AvgIpc) is 2.47. The predicted molar refractivity (Wildman–Crippen MR) is 96.2 cm³/mol. The van der Waals surface area contributed by atoms with Crippen LogP contribution in [0.3, 0.4) is 0 Å². The molecule has 2 aromatic rings. The van der Waals surface area contributed by atoms with E-state index in [4.69, 9.17) is 23.2 Å². The second-order valence-electron chi connectivity index (χ2n) is 4.63. The summed E-state index contributed by atoms with van der Waals surface area (Å²) in [5, 5.41) is 10.2. The largest absolute Gasteiger partial charge is 0.477 e. The summed E-state index contributed by atoms with van der Waals surface area (Å²) < 4.78 is 2.20. The highest BCUT2D eigenvalue weighted by molar-refractivity contribution is 14.1. The Balaban J connectivity index is 2.97. The van der Waals surface area contributed by atoms with Crippen LogP contribution in [0.5, 0.6) is 0 Å². The molecule has 0 bridgehead atoms. The second kappa shape index (κ2) is 6.60. The standard InChI is InChI=1S/C15H12Cl2INO3/c1-3-19-7(2)12(18)14(20)11(15(21)22)13(19)8-4-5-9(16)10(17)6-8/h4-6H,3H2,1-2H3,(H,21,22). The monoisotopic (exact) mass is 451 g/mol. The minimum atomic E-state index is -1.26. The summed E-state index contributed by atoms with van der Waals surface area (Å²) in [5.74, 6) is -1.26. The zero-order valence-electron chi connectivity index (χ0n) is 11.8.